The zero-order valence-corrected chi connectivity index (χ0v) is 17.9. The van der Waals surface area contributed by atoms with E-state index in [9.17, 15) is 22.0 Å². The molecule has 31 heavy (non-hydrogen) atoms. The molecular weight excluding hydrogens is 473 g/mol. The van der Waals surface area contributed by atoms with E-state index in [1.165, 1.54) is 42.5 Å². The van der Waals surface area contributed by atoms with Crippen LogP contribution >= 0.6 is 23.2 Å². The lowest BCUT2D eigenvalue weighted by molar-refractivity contribution is -0.118. The van der Waals surface area contributed by atoms with Gasteiger partial charge in [0.15, 0.2) is 6.61 Å². The first-order chi connectivity index (χ1) is 14.6. The van der Waals surface area contributed by atoms with Gasteiger partial charge in [-0.2, -0.15) is 0 Å². The molecule has 0 heterocycles. The van der Waals surface area contributed by atoms with E-state index in [0.29, 0.717) is 6.07 Å². The summed E-state index contributed by atoms with van der Waals surface area (Å²) in [6.45, 7) is -0.468. The molecule has 0 atom stereocenters. The highest BCUT2D eigenvalue weighted by atomic mass is 35.5. The highest BCUT2D eigenvalue weighted by Gasteiger charge is 2.15. The van der Waals surface area contributed by atoms with Gasteiger partial charge in [0.05, 0.1) is 26.3 Å². The maximum atomic E-state index is 13.6. The molecule has 0 spiro atoms. The van der Waals surface area contributed by atoms with Gasteiger partial charge in [-0.15, -0.1) is 0 Å². The summed E-state index contributed by atoms with van der Waals surface area (Å²) in [6.07, 6.45) is 0. The van der Waals surface area contributed by atoms with Crippen LogP contribution in [0.5, 0.6) is 5.75 Å². The number of ether oxygens (including phenoxy) is 1. The van der Waals surface area contributed by atoms with Gasteiger partial charge in [0, 0.05) is 6.07 Å². The number of sulfonamides is 1. The van der Waals surface area contributed by atoms with Gasteiger partial charge in [-0.25, -0.2) is 17.2 Å². The van der Waals surface area contributed by atoms with E-state index in [0.717, 1.165) is 12.1 Å². The number of halogens is 4. The number of anilines is 2. The van der Waals surface area contributed by atoms with Gasteiger partial charge >= 0.3 is 0 Å². The molecule has 3 aromatic carbocycles. The second-order valence-electron chi connectivity index (χ2n) is 6.17. The van der Waals surface area contributed by atoms with Crippen molar-refractivity contribution in [1.29, 1.82) is 0 Å². The number of rotatable bonds is 7. The third-order valence-corrected chi connectivity index (χ3v) is 6.02. The van der Waals surface area contributed by atoms with Crippen molar-refractivity contribution >= 4 is 50.5 Å². The minimum atomic E-state index is -3.90. The van der Waals surface area contributed by atoms with Crippen LogP contribution in [0.2, 0.25) is 10.0 Å². The molecule has 11 heteroatoms. The van der Waals surface area contributed by atoms with Gasteiger partial charge in [-0.3, -0.25) is 9.52 Å². The molecule has 3 aromatic rings. The fraction of sp³-hybridized carbons (Fsp3) is 0.0500. The first kappa shape index (κ1) is 22.8. The number of carbonyl (C=O) groups excluding carboxylic acids is 1. The molecule has 0 saturated carbocycles. The molecule has 3 rings (SSSR count). The Bertz CT molecular complexity index is 1220. The fourth-order valence-corrected chi connectivity index (χ4v) is 3.76. The Morgan fingerprint density at radius 2 is 1.65 bits per heavy atom. The number of carbonyl (C=O) groups is 1. The van der Waals surface area contributed by atoms with Crippen molar-refractivity contribution in [3.63, 3.8) is 0 Å². The van der Waals surface area contributed by atoms with E-state index < -0.39 is 34.2 Å². The molecule has 0 bridgehead atoms. The van der Waals surface area contributed by atoms with Crippen molar-refractivity contribution in [3.05, 3.63) is 82.3 Å². The van der Waals surface area contributed by atoms with Crippen molar-refractivity contribution in [2.24, 2.45) is 0 Å². The number of amides is 1. The van der Waals surface area contributed by atoms with Gasteiger partial charge in [0.2, 0.25) is 0 Å². The summed E-state index contributed by atoms with van der Waals surface area (Å²) < 4.78 is 59.0. The summed E-state index contributed by atoms with van der Waals surface area (Å²) >= 11 is 11.7. The van der Waals surface area contributed by atoms with E-state index >= 15 is 0 Å². The zero-order valence-electron chi connectivity index (χ0n) is 15.5. The lowest BCUT2D eigenvalue weighted by Gasteiger charge is -2.11. The van der Waals surface area contributed by atoms with Crippen LogP contribution in [0.3, 0.4) is 0 Å². The Morgan fingerprint density at radius 3 is 2.29 bits per heavy atom. The molecule has 162 valence electrons. The van der Waals surface area contributed by atoms with Crippen LogP contribution < -0.4 is 14.8 Å². The third-order valence-electron chi connectivity index (χ3n) is 3.88. The Morgan fingerprint density at radius 1 is 0.935 bits per heavy atom. The predicted molar refractivity (Wildman–Crippen MR) is 114 cm³/mol. The lowest BCUT2D eigenvalue weighted by Crippen LogP contribution is -2.21. The van der Waals surface area contributed by atoms with Gasteiger partial charge in [-0.1, -0.05) is 23.2 Å². The van der Waals surface area contributed by atoms with Crippen LogP contribution in [0, 0.1) is 11.6 Å². The largest absolute Gasteiger partial charge is 0.484 e. The topological polar surface area (TPSA) is 84.5 Å². The smallest absolute Gasteiger partial charge is 0.262 e. The fourth-order valence-electron chi connectivity index (χ4n) is 2.41. The Labute approximate surface area is 186 Å². The molecule has 0 unspecified atom stereocenters. The summed E-state index contributed by atoms with van der Waals surface area (Å²) in [4.78, 5) is 11.8. The van der Waals surface area contributed by atoms with Gasteiger partial charge in [0.1, 0.15) is 17.4 Å². The second-order valence-corrected chi connectivity index (χ2v) is 8.66. The monoisotopic (exact) mass is 486 g/mol. The van der Waals surface area contributed by atoms with Gasteiger partial charge < -0.3 is 10.1 Å². The van der Waals surface area contributed by atoms with E-state index in [1.807, 2.05) is 0 Å². The van der Waals surface area contributed by atoms with E-state index in [-0.39, 0.29) is 32.1 Å². The van der Waals surface area contributed by atoms with Crippen LogP contribution in [0.4, 0.5) is 20.2 Å². The summed E-state index contributed by atoms with van der Waals surface area (Å²) in [5.74, 6) is -2.15. The molecule has 0 aliphatic rings. The molecule has 6 nitrogen and oxygen atoms in total. The molecule has 0 radical (unpaired) electrons. The molecule has 1 amide bonds. The van der Waals surface area contributed by atoms with E-state index in [4.69, 9.17) is 27.9 Å². The van der Waals surface area contributed by atoms with Gasteiger partial charge in [-0.05, 0) is 54.6 Å². The standard InChI is InChI=1S/C20H14Cl2F2N2O4S/c21-16-7-2-13(10-17(16)22)26-31(28,29)15-5-3-14(4-6-15)30-11-20(27)25-19-8-1-12(23)9-18(19)24/h1-10,26H,11H2,(H,25,27). The van der Waals surface area contributed by atoms with Crippen molar-refractivity contribution in [2.75, 3.05) is 16.6 Å². The number of benzene rings is 3. The number of hydrogen-bond acceptors (Lipinski definition) is 4. The van der Waals surface area contributed by atoms with Crippen molar-refractivity contribution in [1.82, 2.24) is 0 Å². The van der Waals surface area contributed by atoms with Crippen LogP contribution in [0.25, 0.3) is 0 Å². The first-order valence-electron chi connectivity index (χ1n) is 8.60. The second kappa shape index (κ2) is 9.51. The van der Waals surface area contributed by atoms with Gasteiger partial charge in [0.25, 0.3) is 15.9 Å². The Balaban J connectivity index is 1.60. The summed E-state index contributed by atoms with van der Waals surface area (Å²) in [5.41, 5.74) is 0.0456. The van der Waals surface area contributed by atoms with Crippen LogP contribution in [0.1, 0.15) is 0 Å². The van der Waals surface area contributed by atoms with Crippen LogP contribution in [-0.4, -0.2) is 20.9 Å². The minimum absolute atomic E-state index is 0.0521. The quantitative estimate of drug-likeness (QED) is 0.487. The zero-order chi connectivity index (χ0) is 22.6. The van der Waals surface area contributed by atoms with Crippen molar-refractivity contribution in [3.8, 4) is 5.75 Å². The average Bonchev–Trinajstić information content (AvgIpc) is 2.71. The normalized spacial score (nSPS) is 11.1. The molecule has 0 aromatic heterocycles. The van der Waals surface area contributed by atoms with Crippen LogP contribution in [-0.2, 0) is 14.8 Å². The van der Waals surface area contributed by atoms with Crippen molar-refractivity contribution < 1.29 is 26.7 Å². The summed E-state index contributed by atoms with van der Waals surface area (Å²) in [5, 5.41) is 2.74. The third kappa shape index (κ3) is 6.06. The molecule has 2 N–H and O–H groups in total. The average molecular weight is 487 g/mol. The lowest BCUT2D eigenvalue weighted by atomic mass is 10.3. The maximum Gasteiger partial charge on any atom is 0.262 e. The maximum absolute atomic E-state index is 13.6. The molecule has 0 fully saturated rings. The first-order valence-corrected chi connectivity index (χ1v) is 10.8. The SMILES string of the molecule is O=C(COc1ccc(S(=O)(=O)Nc2ccc(Cl)c(Cl)c2)cc1)Nc1ccc(F)cc1F. The molecule has 0 aliphatic heterocycles. The number of nitrogens with one attached hydrogen (secondary N) is 2. The summed E-state index contributed by atoms with van der Waals surface area (Å²) in [6, 6.07) is 12.3. The Kier molecular flexibility index (Phi) is 6.99. The minimum Gasteiger partial charge on any atom is -0.484 e. The molecule has 0 saturated heterocycles. The van der Waals surface area contributed by atoms with E-state index in [2.05, 4.69) is 10.0 Å². The predicted octanol–water partition coefficient (Wildman–Crippen LogP) is 5.09. The highest BCUT2D eigenvalue weighted by molar-refractivity contribution is 7.92. The summed E-state index contributed by atoms with van der Waals surface area (Å²) in [7, 11) is -3.90. The highest BCUT2D eigenvalue weighted by Crippen LogP contribution is 2.27. The molecular formula is C20H14Cl2F2N2O4S. The van der Waals surface area contributed by atoms with Crippen molar-refractivity contribution in [2.45, 2.75) is 4.90 Å². The van der Waals surface area contributed by atoms with E-state index in [1.54, 1.807) is 0 Å². The Hall–Kier alpha value is -2.88. The molecule has 0 aliphatic carbocycles. The van der Waals surface area contributed by atoms with Crippen LogP contribution in [0.15, 0.2) is 65.6 Å². The number of hydrogen-bond donors (Lipinski definition) is 2.